The van der Waals surface area contributed by atoms with Gasteiger partial charge in [-0.2, -0.15) is 0 Å². The molecule has 2 atom stereocenters. The summed E-state index contributed by atoms with van der Waals surface area (Å²) in [6, 6.07) is -0.552. The first-order chi connectivity index (χ1) is 32.0. The summed E-state index contributed by atoms with van der Waals surface area (Å²) < 4.78 is 5.46. The third-order valence-electron chi connectivity index (χ3n) is 13.1. The van der Waals surface area contributed by atoms with Crippen molar-refractivity contribution in [2.45, 2.75) is 315 Å². The summed E-state index contributed by atoms with van der Waals surface area (Å²) in [5, 5.41) is 23.3. The van der Waals surface area contributed by atoms with Gasteiger partial charge in [-0.15, -0.1) is 0 Å². The van der Waals surface area contributed by atoms with E-state index in [0.29, 0.717) is 25.9 Å². The molecule has 6 heteroatoms. The number of amides is 1. The molecule has 0 aromatic rings. The predicted octanol–water partition coefficient (Wildman–Crippen LogP) is 17.6. The third-order valence-corrected chi connectivity index (χ3v) is 13.1. The summed E-state index contributed by atoms with van der Waals surface area (Å²) in [5.74, 6) is -0.0609. The molecule has 1 amide bonds. The summed E-state index contributed by atoms with van der Waals surface area (Å²) in [4.78, 5) is 24.5. The van der Waals surface area contributed by atoms with E-state index in [1.807, 2.05) is 0 Å². The summed E-state index contributed by atoms with van der Waals surface area (Å²) in [6.45, 7) is 4.88. The van der Waals surface area contributed by atoms with Gasteiger partial charge in [0.05, 0.1) is 25.4 Å². The zero-order valence-electron chi connectivity index (χ0n) is 43.5. The van der Waals surface area contributed by atoms with Gasteiger partial charge in [-0.05, 0) is 77.0 Å². The van der Waals surface area contributed by atoms with Gasteiger partial charge in [-0.3, -0.25) is 9.59 Å². The maximum atomic E-state index is 12.5. The molecule has 0 radical (unpaired) electrons. The minimum absolute atomic E-state index is 0.0125. The van der Waals surface area contributed by atoms with Gasteiger partial charge >= 0.3 is 5.97 Å². The quantitative estimate of drug-likeness (QED) is 0.0321. The van der Waals surface area contributed by atoms with Crippen LogP contribution in [0.5, 0.6) is 0 Å². The summed E-state index contributed by atoms with van der Waals surface area (Å²) in [5.41, 5.74) is 0. The number of carbonyl (C=O) groups is 2. The van der Waals surface area contributed by atoms with Crippen molar-refractivity contribution in [2.24, 2.45) is 0 Å². The molecule has 0 rings (SSSR count). The number of unbranched alkanes of at least 4 members (excludes halogenated alkanes) is 36. The van der Waals surface area contributed by atoms with E-state index in [9.17, 15) is 19.8 Å². The highest BCUT2D eigenvalue weighted by molar-refractivity contribution is 5.76. The first-order valence-corrected chi connectivity index (χ1v) is 28.7. The average Bonchev–Trinajstić information content (AvgIpc) is 3.31. The molecule has 0 saturated carbocycles. The molecule has 2 unspecified atom stereocenters. The molecule has 0 aromatic heterocycles. The highest BCUT2D eigenvalue weighted by atomic mass is 16.5. The minimum Gasteiger partial charge on any atom is -0.466 e. The van der Waals surface area contributed by atoms with E-state index in [0.717, 1.165) is 70.6 Å². The lowest BCUT2D eigenvalue weighted by atomic mass is 10.0. The van der Waals surface area contributed by atoms with Crippen LogP contribution in [0, 0.1) is 0 Å². The van der Waals surface area contributed by atoms with Crippen molar-refractivity contribution in [3.8, 4) is 0 Å². The average molecular weight is 915 g/mol. The standard InChI is InChI=1S/C59H111NO5/c1-3-5-7-9-11-13-15-17-18-21-24-28-31-35-39-43-47-51-57(62)56(55-61)60-58(63)52-48-44-40-36-32-29-25-22-19-20-23-26-30-34-38-42-46-50-54-65-59(64)53-49-45-41-37-33-27-16-14-12-10-8-6-4-2/h8,10,14,16,22,25,56-57,61-62H,3-7,9,11-13,15,17-21,23-24,26-55H2,1-2H3,(H,60,63)/b10-8-,16-14-,25-22-. The van der Waals surface area contributed by atoms with Crippen LogP contribution < -0.4 is 5.32 Å². The molecule has 0 spiro atoms. The van der Waals surface area contributed by atoms with Crippen LogP contribution in [-0.4, -0.2) is 47.4 Å². The minimum atomic E-state index is -0.674. The van der Waals surface area contributed by atoms with Gasteiger partial charge in [0.15, 0.2) is 0 Å². The lowest BCUT2D eigenvalue weighted by molar-refractivity contribution is -0.143. The van der Waals surface area contributed by atoms with Gasteiger partial charge in [0.25, 0.3) is 0 Å². The molecule has 65 heavy (non-hydrogen) atoms. The molecule has 0 aliphatic heterocycles. The van der Waals surface area contributed by atoms with E-state index in [4.69, 9.17) is 4.74 Å². The van der Waals surface area contributed by atoms with Crippen LogP contribution in [0.3, 0.4) is 0 Å². The second-order valence-electron chi connectivity index (χ2n) is 19.6. The maximum absolute atomic E-state index is 12.5. The van der Waals surface area contributed by atoms with Crippen LogP contribution in [0.15, 0.2) is 36.5 Å². The van der Waals surface area contributed by atoms with Gasteiger partial charge in [0, 0.05) is 12.8 Å². The van der Waals surface area contributed by atoms with Crippen molar-refractivity contribution >= 4 is 11.9 Å². The normalized spacial score (nSPS) is 12.9. The summed E-state index contributed by atoms with van der Waals surface area (Å²) in [6.07, 6.45) is 67.0. The van der Waals surface area contributed by atoms with Crippen LogP contribution >= 0.6 is 0 Å². The van der Waals surface area contributed by atoms with Crippen molar-refractivity contribution in [1.82, 2.24) is 5.32 Å². The number of nitrogens with one attached hydrogen (secondary N) is 1. The second-order valence-corrected chi connectivity index (χ2v) is 19.6. The van der Waals surface area contributed by atoms with E-state index in [1.165, 1.54) is 199 Å². The molecule has 0 aromatic carbocycles. The Kier molecular flexibility index (Phi) is 53.1. The van der Waals surface area contributed by atoms with Crippen LogP contribution in [0.25, 0.3) is 0 Å². The molecule has 0 saturated heterocycles. The monoisotopic (exact) mass is 914 g/mol. The molecule has 0 aliphatic carbocycles. The number of aliphatic hydroxyl groups is 2. The Labute approximate surface area is 404 Å². The number of hydrogen-bond donors (Lipinski definition) is 3. The van der Waals surface area contributed by atoms with E-state index >= 15 is 0 Å². The zero-order valence-corrected chi connectivity index (χ0v) is 43.5. The van der Waals surface area contributed by atoms with E-state index in [-0.39, 0.29) is 18.5 Å². The van der Waals surface area contributed by atoms with Crippen molar-refractivity contribution in [3.05, 3.63) is 36.5 Å². The summed E-state index contributed by atoms with van der Waals surface area (Å²) >= 11 is 0. The van der Waals surface area contributed by atoms with Crippen LogP contribution in [0.1, 0.15) is 303 Å². The van der Waals surface area contributed by atoms with Crippen LogP contribution in [0.4, 0.5) is 0 Å². The highest BCUT2D eigenvalue weighted by Gasteiger charge is 2.20. The molecule has 0 fully saturated rings. The van der Waals surface area contributed by atoms with E-state index in [2.05, 4.69) is 55.6 Å². The number of rotatable bonds is 53. The number of carbonyl (C=O) groups excluding carboxylic acids is 2. The van der Waals surface area contributed by atoms with Gasteiger partial charge in [-0.1, -0.05) is 249 Å². The molecule has 0 aliphatic rings. The Balaban J connectivity index is 3.46. The lowest BCUT2D eigenvalue weighted by Gasteiger charge is -2.22. The van der Waals surface area contributed by atoms with Gasteiger partial charge in [0.2, 0.25) is 5.91 Å². The van der Waals surface area contributed by atoms with Crippen molar-refractivity contribution < 1.29 is 24.5 Å². The Morgan fingerprint density at radius 3 is 1.25 bits per heavy atom. The molecular formula is C59H111NO5. The smallest absolute Gasteiger partial charge is 0.305 e. The Hall–Kier alpha value is -1.92. The third kappa shape index (κ3) is 51.3. The molecule has 0 heterocycles. The first-order valence-electron chi connectivity index (χ1n) is 28.7. The fraction of sp³-hybridized carbons (Fsp3) is 0.864. The van der Waals surface area contributed by atoms with E-state index < -0.39 is 12.1 Å². The second kappa shape index (κ2) is 54.7. The Morgan fingerprint density at radius 1 is 0.431 bits per heavy atom. The predicted molar refractivity (Wildman–Crippen MR) is 283 cm³/mol. The topological polar surface area (TPSA) is 95.9 Å². The summed E-state index contributed by atoms with van der Waals surface area (Å²) in [7, 11) is 0. The molecule has 382 valence electrons. The molecule has 0 bridgehead atoms. The van der Waals surface area contributed by atoms with Crippen molar-refractivity contribution in [1.29, 1.82) is 0 Å². The van der Waals surface area contributed by atoms with Crippen LogP contribution in [-0.2, 0) is 14.3 Å². The number of aliphatic hydroxyl groups excluding tert-OH is 2. The zero-order chi connectivity index (χ0) is 47.2. The SMILES string of the molecule is CCC/C=C\C/C=C\CCCCCCCC(=O)OCCCCCCCCCCC/C=C\CCCCCCCC(=O)NC(CO)C(O)CCCCCCCCCCCCCCCCCCC. The largest absolute Gasteiger partial charge is 0.466 e. The molecule has 3 N–H and O–H groups in total. The highest BCUT2D eigenvalue weighted by Crippen LogP contribution is 2.17. The van der Waals surface area contributed by atoms with Gasteiger partial charge in [0.1, 0.15) is 0 Å². The fourth-order valence-electron chi connectivity index (χ4n) is 8.73. The number of esters is 1. The van der Waals surface area contributed by atoms with Crippen molar-refractivity contribution in [2.75, 3.05) is 13.2 Å². The number of hydrogen-bond acceptors (Lipinski definition) is 5. The first kappa shape index (κ1) is 63.1. The molecule has 6 nitrogen and oxygen atoms in total. The van der Waals surface area contributed by atoms with Crippen LogP contribution in [0.2, 0.25) is 0 Å². The van der Waals surface area contributed by atoms with Crippen molar-refractivity contribution in [3.63, 3.8) is 0 Å². The number of ether oxygens (including phenoxy) is 1. The Bertz CT molecular complexity index is 1060. The van der Waals surface area contributed by atoms with E-state index in [1.54, 1.807) is 0 Å². The van der Waals surface area contributed by atoms with Gasteiger partial charge < -0.3 is 20.3 Å². The fourth-order valence-corrected chi connectivity index (χ4v) is 8.73. The molecular weight excluding hydrogens is 803 g/mol. The number of allylic oxidation sites excluding steroid dienone is 6. The lowest BCUT2D eigenvalue weighted by Crippen LogP contribution is -2.45. The van der Waals surface area contributed by atoms with Gasteiger partial charge in [-0.25, -0.2) is 0 Å². The Morgan fingerprint density at radius 2 is 0.800 bits per heavy atom. The maximum Gasteiger partial charge on any atom is 0.305 e.